The first-order chi connectivity index (χ1) is 6.79. The second-order valence-electron chi connectivity index (χ2n) is 2.82. The highest BCUT2D eigenvalue weighted by atomic mass is 16.5. The SMILES string of the molecule is CCN(CCOC)C(=O)n1ccnc1. The molecule has 0 N–H and O–H groups in total. The third-order valence-electron chi connectivity index (χ3n) is 1.94. The van der Waals surface area contributed by atoms with E-state index < -0.39 is 0 Å². The Labute approximate surface area is 83.3 Å². The minimum Gasteiger partial charge on any atom is -0.383 e. The van der Waals surface area contributed by atoms with E-state index in [-0.39, 0.29) is 6.03 Å². The Hall–Kier alpha value is -1.36. The molecule has 0 unspecified atom stereocenters. The lowest BCUT2D eigenvalue weighted by atomic mass is 10.5. The molecule has 5 nitrogen and oxygen atoms in total. The van der Waals surface area contributed by atoms with Gasteiger partial charge in [0, 0.05) is 32.6 Å². The molecule has 1 rings (SSSR count). The Morgan fingerprint density at radius 2 is 2.43 bits per heavy atom. The van der Waals surface area contributed by atoms with E-state index in [0.29, 0.717) is 19.7 Å². The molecule has 1 aromatic heterocycles. The van der Waals surface area contributed by atoms with E-state index in [1.165, 1.54) is 10.9 Å². The number of methoxy groups -OCH3 is 1. The van der Waals surface area contributed by atoms with E-state index >= 15 is 0 Å². The van der Waals surface area contributed by atoms with Crippen LogP contribution in [0.5, 0.6) is 0 Å². The Morgan fingerprint density at radius 3 is 2.93 bits per heavy atom. The van der Waals surface area contributed by atoms with E-state index in [0.717, 1.165) is 0 Å². The average Bonchev–Trinajstić information content (AvgIpc) is 2.71. The van der Waals surface area contributed by atoms with Crippen LogP contribution < -0.4 is 0 Å². The van der Waals surface area contributed by atoms with Crippen molar-refractivity contribution in [3.05, 3.63) is 18.7 Å². The highest BCUT2D eigenvalue weighted by molar-refractivity contribution is 5.76. The molecular formula is C9H15N3O2. The van der Waals surface area contributed by atoms with Crippen LogP contribution in [0, 0.1) is 0 Å². The molecule has 0 bridgehead atoms. The summed E-state index contributed by atoms with van der Waals surface area (Å²) in [5.41, 5.74) is 0. The zero-order chi connectivity index (χ0) is 10.4. The zero-order valence-electron chi connectivity index (χ0n) is 8.51. The summed E-state index contributed by atoms with van der Waals surface area (Å²) in [5, 5.41) is 0. The molecule has 0 aliphatic heterocycles. The van der Waals surface area contributed by atoms with Crippen LogP contribution in [0.3, 0.4) is 0 Å². The quantitative estimate of drug-likeness (QED) is 0.718. The molecule has 0 saturated carbocycles. The summed E-state index contributed by atoms with van der Waals surface area (Å²) in [6, 6.07) is -0.0675. The summed E-state index contributed by atoms with van der Waals surface area (Å²) >= 11 is 0. The van der Waals surface area contributed by atoms with Crippen molar-refractivity contribution in [2.75, 3.05) is 26.8 Å². The fourth-order valence-corrected chi connectivity index (χ4v) is 1.13. The van der Waals surface area contributed by atoms with E-state index in [9.17, 15) is 4.79 Å². The summed E-state index contributed by atoms with van der Waals surface area (Å²) in [6.45, 7) is 3.75. The maximum Gasteiger partial charge on any atom is 0.329 e. The van der Waals surface area contributed by atoms with Crippen molar-refractivity contribution < 1.29 is 9.53 Å². The predicted molar refractivity (Wildman–Crippen MR) is 52.1 cm³/mol. The van der Waals surface area contributed by atoms with E-state index in [1.54, 1.807) is 24.4 Å². The monoisotopic (exact) mass is 197 g/mol. The van der Waals surface area contributed by atoms with Crippen molar-refractivity contribution in [2.45, 2.75) is 6.92 Å². The number of aromatic nitrogens is 2. The van der Waals surface area contributed by atoms with Crippen LogP contribution in [0.4, 0.5) is 4.79 Å². The number of likely N-dealkylation sites (N-methyl/N-ethyl adjacent to an activating group) is 1. The van der Waals surface area contributed by atoms with E-state index in [2.05, 4.69) is 4.98 Å². The summed E-state index contributed by atoms with van der Waals surface area (Å²) in [7, 11) is 1.62. The van der Waals surface area contributed by atoms with Gasteiger partial charge in [-0.05, 0) is 6.92 Å². The normalized spacial score (nSPS) is 10.1. The summed E-state index contributed by atoms with van der Waals surface area (Å²) in [4.78, 5) is 17.3. The average molecular weight is 197 g/mol. The molecule has 0 saturated heterocycles. The van der Waals surface area contributed by atoms with Crippen molar-refractivity contribution in [3.63, 3.8) is 0 Å². The highest BCUT2D eigenvalue weighted by Crippen LogP contribution is 1.95. The summed E-state index contributed by atoms with van der Waals surface area (Å²) < 4.78 is 6.38. The van der Waals surface area contributed by atoms with Gasteiger partial charge in [-0.2, -0.15) is 0 Å². The molecule has 0 spiro atoms. The first kappa shape index (κ1) is 10.7. The number of hydrogen-bond acceptors (Lipinski definition) is 3. The standard InChI is InChI=1S/C9H15N3O2/c1-3-11(6-7-14-2)9(13)12-5-4-10-8-12/h4-5,8H,3,6-7H2,1-2H3. The molecule has 14 heavy (non-hydrogen) atoms. The maximum atomic E-state index is 11.7. The number of carbonyl (C=O) groups is 1. The molecule has 1 amide bonds. The molecule has 78 valence electrons. The van der Waals surface area contributed by atoms with Gasteiger partial charge in [-0.25, -0.2) is 9.78 Å². The van der Waals surface area contributed by atoms with Crippen molar-refractivity contribution in [2.24, 2.45) is 0 Å². The van der Waals surface area contributed by atoms with Crippen LogP contribution in [0.2, 0.25) is 0 Å². The summed E-state index contributed by atoms with van der Waals surface area (Å²) in [5.74, 6) is 0. The fourth-order valence-electron chi connectivity index (χ4n) is 1.13. The molecular weight excluding hydrogens is 182 g/mol. The van der Waals surface area contributed by atoms with Crippen molar-refractivity contribution >= 4 is 6.03 Å². The van der Waals surface area contributed by atoms with Gasteiger partial charge in [-0.1, -0.05) is 0 Å². The second-order valence-corrected chi connectivity index (χ2v) is 2.82. The molecule has 0 aliphatic rings. The summed E-state index contributed by atoms with van der Waals surface area (Å²) in [6.07, 6.45) is 4.72. The van der Waals surface area contributed by atoms with Crippen LogP contribution in [-0.2, 0) is 4.74 Å². The molecule has 0 aliphatic carbocycles. The van der Waals surface area contributed by atoms with Crippen LogP contribution in [0.1, 0.15) is 6.92 Å². The van der Waals surface area contributed by atoms with Gasteiger partial charge in [0.15, 0.2) is 0 Å². The van der Waals surface area contributed by atoms with Crippen LogP contribution in [0.25, 0.3) is 0 Å². The molecule has 0 radical (unpaired) electrons. The number of imidazole rings is 1. The van der Waals surface area contributed by atoms with Crippen LogP contribution in [0.15, 0.2) is 18.7 Å². The minimum absolute atomic E-state index is 0.0675. The van der Waals surface area contributed by atoms with Crippen LogP contribution in [-0.4, -0.2) is 47.3 Å². The largest absolute Gasteiger partial charge is 0.383 e. The van der Waals surface area contributed by atoms with Gasteiger partial charge in [-0.3, -0.25) is 4.57 Å². The van der Waals surface area contributed by atoms with Gasteiger partial charge in [0.2, 0.25) is 0 Å². The molecule has 1 aromatic rings. The van der Waals surface area contributed by atoms with Crippen molar-refractivity contribution in [1.29, 1.82) is 0 Å². The Balaban J connectivity index is 2.56. The molecule has 5 heteroatoms. The van der Waals surface area contributed by atoms with Gasteiger partial charge >= 0.3 is 6.03 Å². The van der Waals surface area contributed by atoms with Crippen LogP contribution >= 0.6 is 0 Å². The predicted octanol–water partition coefficient (Wildman–Crippen LogP) is 0.819. The number of hydrogen-bond donors (Lipinski definition) is 0. The number of ether oxygens (including phenoxy) is 1. The lowest BCUT2D eigenvalue weighted by Gasteiger charge is -2.19. The number of carbonyl (C=O) groups excluding carboxylic acids is 1. The number of nitrogens with zero attached hydrogens (tertiary/aromatic N) is 3. The van der Waals surface area contributed by atoms with Crippen molar-refractivity contribution in [3.8, 4) is 0 Å². The Morgan fingerprint density at radius 1 is 1.64 bits per heavy atom. The number of amides is 1. The van der Waals surface area contributed by atoms with E-state index in [4.69, 9.17) is 4.74 Å². The third-order valence-corrected chi connectivity index (χ3v) is 1.94. The highest BCUT2D eigenvalue weighted by Gasteiger charge is 2.11. The van der Waals surface area contributed by atoms with Gasteiger partial charge in [0.25, 0.3) is 0 Å². The van der Waals surface area contributed by atoms with E-state index in [1.807, 2.05) is 6.92 Å². The smallest absolute Gasteiger partial charge is 0.329 e. The maximum absolute atomic E-state index is 11.7. The zero-order valence-corrected chi connectivity index (χ0v) is 8.51. The molecule has 0 fully saturated rings. The van der Waals surface area contributed by atoms with Gasteiger partial charge < -0.3 is 9.64 Å². The lowest BCUT2D eigenvalue weighted by molar-refractivity contribution is 0.152. The Kier molecular flexibility index (Phi) is 4.12. The molecule has 0 aromatic carbocycles. The molecule has 1 heterocycles. The minimum atomic E-state index is -0.0675. The molecule has 0 atom stereocenters. The van der Waals surface area contributed by atoms with Gasteiger partial charge in [0.1, 0.15) is 6.33 Å². The first-order valence-corrected chi connectivity index (χ1v) is 4.55. The fraction of sp³-hybridized carbons (Fsp3) is 0.556. The number of rotatable bonds is 4. The lowest BCUT2D eigenvalue weighted by Crippen LogP contribution is -2.36. The van der Waals surface area contributed by atoms with Crippen molar-refractivity contribution in [1.82, 2.24) is 14.5 Å². The third kappa shape index (κ3) is 2.56. The first-order valence-electron chi connectivity index (χ1n) is 4.55. The van der Waals surface area contributed by atoms with Gasteiger partial charge in [0.05, 0.1) is 6.61 Å². The van der Waals surface area contributed by atoms with Gasteiger partial charge in [-0.15, -0.1) is 0 Å². The Bertz CT molecular complexity index is 272. The topological polar surface area (TPSA) is 47.4 Å². The second kappa shape index (κ2) is 5.39.